The number of nitrogen functional groups attached to an aromatic ring is 1. The summed E-state index contributed by atoms with van der Waals surface area (Å²) in [5.41, 5.74) is 6.51. The summed E-state index contributed by atoms with van der Waals surface area (Å²) in [6, 6.07) is 4.96. The van der Waals surface area contributed by atoms with E-state index in [4.69, 9.17) is 13.7 Å². The summed E-state index contributed by atoms with van der Waals surface area (Å²) in [4.78, 5) is 11.1. The van der Waals surface area contributed by atoms with Gasteiger partial charge in [0.05, 0.1) is 10.9 Å². The Labute approximate surface area is 69.4 Å². The molecule has 58 valence electrons. The van der Waals surface area contributed by atoms with E-state index in [0.717, 1.165) is 4.59 Å². The number of benzene rings is 1. The highest BCUT2D eigenvalue weighted by atomic mass is 16.1. The molecular formula is C7H6BN3O. The Morgan fingerprint density at radius 1 is 1.50 bits per heavy atom. The minimum atomic E-state index is -0.201. The molecule has 0 saturated heterocycles. The lowest BCUT2D eigenvalue weighted by Crippen LogP contribution is -2.02. The molecule has 0 saturated carbocycles. The number of nitrogens with one attached hydrogen (secondary N) is 1. The molecule has 1 aromatic carbocycles. The molecule has 1 aromatic heterocycles. The van der Waals surface area contributed by atoms with Crippen molar-refractivity contribution in [2.45, 2.75) is 0 Å². The zero-order valence-corrected chi connectivity index (χ0v) is 6.24. The number of hydrogen-bond donors (Lipinski definition) is 2. The summed E-state index contributed by atoms with van der Waals surface area (Å²) in [5, 5.41) is 2.97. The molecule has 0 aliphatic carbocycles. The van der Waals surface area contributed by atoms with Crippen molar-refractivity contribution >= 4 is 24.6 Å². The number of hydrogen-bond acceptors (Lipinski definition) is 2. The number of nitrogens with zero attached hydrogens (tertiary/aromatic N) is 1. The van der Waals surface area contributed by atoms with Crippen LogP contribution in [0.5, 0.6) is 0 Å². The Bertz CT molecular complexity index is 485. The molecule has 0 aliphatic rings. The summed E-state index contributed by atoms with van der Waals surface area (Å²) < 4.78 is 1.16. The van der Waals surface area contributed by atoms with Gasteiger partial charge in [0, 0.05) is 5.69 Å². The van der Waals surface area contributed by atoms with Crippen LogP contribution in [0.4, 0.5) is 5.69 Å². The first-order valence-corrected chi connectivity index (χ1v) is 3.44. The molecule has 0 atom stereocenters. The van der Waals surface area contributed by atoms with Gasteiger partial charge in [-0.2, -0.15) is 0 Å². The zero-order valence-electron chi connectivity index (χ0n) is 6.24. The Morgan fingerprint density at radius 3 is 3.00 bits per heavy atom. The Hall–Kier alpha value is -1.65. The van der Waals surface area contributed by atoms with Crippen LogP contribution in [0.1, 0.15) is 0 Å². The third-order valence-electron chi connectivity index (χ3n) is 1.75. The first-order valence-electron chi connectivity index (χ1n) is 3.44. The standard InChI is InChI=1S/C7H6BN3O/c8-11-6-3-4(9)1-2-5(6)7(12)10-11/h1-3H,9H2,(H,10,12). The van der Waals surface area contributed by atoms with Gasteiger partial charge in [0.15, 0.2) is 0 Å². The molecule has 4 nitrogen and oxygen atoms in total. The monoisotopic (exact) mass is 159 g/mol. The van der Waals surface area contributed by atoms with Gasteiger partial charge in [-0.3, -0.25) is 9.89 Å². The summed E-state index contributed by atoms with van der Waals surface area (Å²) in [5.74, 6) is 0. The van der Waals surface area contributed by atoms with Gasteiger partial charge in [-0.1, -0.05) is 0 Å². The van der Waals surface area contributed by atoms with Crippen molar-refractivity contribution < 1.29 is 0 Å². The number of aromatic amines is 1. The number of fused-ring (bicyclic) bond motifs is 1. The van der Waals surface area contributed by atoms with Crippen LogP contribution >= 0.6 is 0 Å². The normalized spacial score (nSPS) is 10.7. The zero-order chi connectivity index (χ0) is 8.72. The average molecular weight is 159 g/mol. The Kier molecular flexibility index (Phi) is 1.27. The van der Waals surface area contributed by atoms with E-state index >= 15 is 0 Å². The van der Waals surface area contributed by atoms with Crippen molar-refractivity contribution in [2.24, 2.45) is 0 Å². The summed E-state index contributed by atoms with van der Waals surface area (Å²) >= 11 is 0. The molecule has 0 bridgehead atoms. The minimum Gasteiger partial charge on any atom is -0.399 e. The maximum atomic E-state index is 11.1. The van der Waals surface area contributed by atoms with Crippen molar-refractivity contribution in [1.29, 1.82) is 0 Å². The van der Waals surface area contributed by atoms with Crippen molar-refractivity contribution in [3.63, 3.8) is 0 Å². The molecule has 2 radical (unpaired) electrons. The van der Waals surface area contributed by atoms with E-state index in [9.17, 15) is 4.79 Å². The Morgan fingerprint density at radius 2 is 2.25 bits per heavy atom. The minimum absolute atomic E-state index is 0.201. The first-order chi connectivity index (χ1) is 5.68. The molecule has 2 aromatic rings. The van der Waals surface area contributed by atoms with E-state index in [-0.39, 0.29) is 5.56 Å². The van der Waals surface area contributed by atoms with Gasteiger partial charge >= 0.3 is 0 Å². The fourth-order valence-electron chi connectivity index (χ4n) is 1.17. The molecule has 0 fully saturated rings. The molecule has 0 amide bonds. The Balaban J connectivity index is 3.00. The molecule has 3 N–H and O–H groups in total. The third kappa shape index (κ3) is 0.829. The van der Waals surface area contributed by atoms with E-state index in [2.05, 4.69) is 5.10 Å². The molecule has 2 rings (SSSR count). The highest BCUT2D eigenvalue weighted by molar-refractivity contribution is 6.10. The molecule has 1 heterocycles. The lowest BCUT2D eigenvalue weighted by atomic mass is 10.2. The van der Waals surface area contributed by atoms with Crippen LogP contribution in [-0.4, -0.2) is 17.7 Å². The van der Waals surface area contributed by atoms with Crippen LogP contribution in [0.3, 0.4) is 0 Å². The largest absolute Gasteiger partial charge is 0.399 e. The van der Waals surface area contributed by atoms with Gasteiger partial charge in [-0.25, -0.2) is 0 Å². The van der Waals surface area contributed by atoms with E-state index in [1.165, 1.54) is 0 Å². The third-order valence-corrected chi connectivity index (χ3v) is 1.75. The predicted octanol–water partition coefficient (Wildman–Crippen LogP) is -0.157. The molecular weight excluding hydrogens is 153 g/mol. The molecule has 12 heavy (non-hydrogen) atoms. The second-order valence-corrected chi connectivity index (χ2v) is 2.59. The first kappa shape index (κ1) is 7.03. The van der Waals surface area contributed by atoms with Crippen molar-refractivity contribution in [2.75, 3.05) is 5.73 Å². The van der Waals surface area contributed by atoms with Gasteiger partial charge in [0.25, 0.3) is 13.5 Å². The van der Waals surface area contributed by atoms with Crippen LogP contribution in [0, 0.1) is 0 Å². The highest BCUT2D eigenvalue weighted by Crippen LogP contribution is 2.11. The number of aromatic nitrogens is 2. The second kappa shape index (κ2) is 2.17. The predicted molar refractivity (Wildman–Crippen MR) is 48.1 cm³/mol. The lowest BCUT2D eigenvalue weighted by Gasteiger charge is -1.95. The van der Waals surface area contributed by atoms with Crippen LogP contribution in [0.25, 0.3) is 10.9 Å². The van der Waals surface area contributed by atoms with Crippen molar-refractivity contribution in [1.82, 2.24) is 9.69 Å². The van der Waals surface area contributed by atoms with E-state index < -0.39 is 0 Å². The lowest BCUT2D eigenvalue weighted by molar-refractivity contribution is 0.993. The fourth-order valence-corrected chi connectivity index (χ4v) is 1.17. The highest BCUT2D eigenvalue weighted by Gasteiger charge is 2.01. The van der Waals surface area contributed by atoms with Gasteiger partial charge in [0.1, 0.15) is 0 Å². The second-order valence-electron chi connectivity index (χ2n) is 2.59. The van der Waals surface area contributed by atoms with Crippen LogP contribution in [0.2, 0.25) is 0 Å². The van der Waals surface area contributed by atoms with Crippen molar-refractivity contribution in [3.8, 4) is 0 Å². The van der Waals surface area contributed by atoms with Gasteiger partial charge in [-0.15, -0.1) is 0 Å². The van der Waals surface area contributed by atoms with Crippen LogP contribution < -0.4 is 11.3 Å². The maximum Gasteiger partial charge on any atom is 0.270 e. The van der Waals surface area contributed by atoms with E-state index in [0.29, 0.717) is 16.6 Å². The average Bonchev–Trinajstić information content (AvgIpc) is 2.28. The number of nitrogens with two attached hydrogens (primary N) is 1. The smallest absolute Gasteiger partial charge is 0.270 e. The topological polar surface area (TPSA) is 63.8 Å². The van der Waals surface area contributed by atoms with E-state index in [1.54, 1.807) is 18.2 Å². The molecule has 0 spiro atoms. The quantitative estimate of drug-likeness (QED) is 0.414. The van der Waals surface area contributed by atoms with Gasteiger partial charge in [0.2, 0.25) is 0 Å². The number of anilines is 1. The number of rotatable bonds is 0. The maximum absolute atomic E-state index is 11.1. The van der Waals surface area contributed by atoms with Crippen LogP contribution in [-0.2, 0) is 0 Å². The summed E-state index contributed by atoms with van der Waals surface area (Å²) in [7, 11) is 5.45. The molecule has 0 aliphatic heterocycles. The van der Waals surface area contributed by atoms with Gasteiger partial charge < -0.3 is 10.3 Å². The van der Waals surface area contributed by atoms with E-state index in [1.807, 2.05) is 0 Å². The molecule has 5 heteroatoms. The van der Waals surface area contributed by atoms with Crippen molar-refractivity contribution in [3.05, 3.63) is 28.6 Å². The van der Waals surface area contributed by atoms with Gasteiger partial charge in [-0.05, 0) is 18.2 Å². The summed E-state index contributed by atoms with van der Waals surface area (Å²) in [6.45, 7) is 0. The number of H-pyrrole nitrogens is 1. The van der Waals surface area contributed by atoms with Crippen LogP contribution in [0.15, 0.2) is 23.0 Å². The summed E-state index contributed by atoms with van der Waals surface area (Å²) in [6.07, 6.45) is 0. The molecule has 0 unspecified atom stereocenters. The fraction of sp³-hybridized carbons (Fsp3) is 0. The SMILES string of the molecule is [B]n1[nH]c(=O)c2ccc(N)cc21.